The highest BCUT2D eigenvalue weighted by molar-refractivity contribution is 7.19. The van der Waals surface area contributed by atoms with Crippen LogP contribution in [-0.4, -0.2) is 38.3 Å². The highest BCUT2D eigenvalue weighted by Crippen LogP contribution is 2.40. The Balaban J connectivity index is 1.58. The molecule has 0 bridgehead atoms. The molecular weight excluding hydrogens is 498 g/mol. The minimum atomic E-state index is -0.331. The van der Waals surface area contributed by atoms with Gasteiger partial charge in [-0.15, -0.1) is 11.3 Å². The zero-order valence-electron chi connectivity index (χ0n) is 20.5. The number of hydrogen-bond acceptors (Lipinski definition) is 7. The number of thiophene rings is 1. The monoisotopic (exact) mass is 525 g/mol. The van der Waals surface area contributed by atoms with Crippen molar-refractivity contribution in [3.8, 4) is 17.0 Å². The van der Waals surface area contributed by atoms with E-state index >= 15 is 0 Å². The van der Waals surface area contributed by atoms with Crippen LogP contribution in [0.15, 0.2) is 46.4 Å². The van der Waals surface area contributed by atoms with Crippen molar-refractivity contribution in [3.63, 3.8) is 0 Å². The summed E-state index contributed by atoms with van der Waals surface area (Å²) in [4.78, 5) is 35.3. The number of hydrogen-bond donors (Lipinski definition) is 1. The van der Waals surface area contributed by atoms with Gasteiger partial charge in [0.25, 0.3) is 5.56 Å². The Labute approximate surface area is 217 Å². The third-order valence-corrected chi connectivity index (χ3v) is 7.69. The molecule has 0 amide bonds. The van der Waals surface area contributed by atoms with E-state index in [-0.39, 0.29) is 29.9 Å². The van der Waals surface area contributed by atoms with Gasteiger partial charge in [-0.1, -0.05) is 11.6 Å². The van der Waals surface area contributed by atoms with Gasteiger partial charge in [-0.05, 0) is 63.9 Å². The van der Waals surface area contributed by atoms with Crippen LogP contribution in [0.2, 0.25) is 5.02 Å². The molecule has 10 heteroatoms. The van der Waals surface area contributed by atoms with Crippen LogP contribution in [0.5, 0.6) is 5.75 Å². The molecule has 0 unspecified atom stereocenters. The standard InChI is InChI=1S/C26H28ClN5O3S/c1-15(2)31-8-6-22(33)32(26(31)34)13-19-11-21-25(36-19)23(30-14-29-21)20-10-17(27)9-16(3)24(20)35-18-5-4-7-28-12-18/h6,8-11,14-15,18,28H,4-5,7,12-13H2,1-3H3/t18-/m0/s1. The number of nitrogens with zero attached hydrogens (tertiary/aromatic N) is 4. The van der Waals surface area contributed by atoms with Crippen LogP contribution in [0.1, 0.15) is 43.2 Å². The summed E-state index contributed by atoms with van der Waals surface area (Å²) in [5, 5.41) is 3.99. The van der Waals surface area contributed by atoms with E-state index in [4.69, 9.17) is 16.3 Å². The lowest BCUT2D eigenvalue weighted by Crippen LogP contribution is -2.39. The molecule has 1 atom stereocenters. The second-order valence-electron chi connectivity index (χ2n) is 9.36. The first-order valence-corrected chi connectivity index (χ1v) is 13.2. The van der Waals surface area contributed by atoms with E-state index < -0.39 is 0 Å². The molecule has 0 radical (unpaired) electrons. The summed E-state index contributed by atoms with van der Waals surface area (Å²) < 4.78 is 10.1. The van der Waals surface area contributed by atoms with E-state index in [1.54, 1.807) is 10.8 Å². The molecule has 1 aliphatic rings. The first kappa shape index (κ1) is 24.7. The Bertz CT molecular complexity index is 1540. The summed E-state index contributed by atoms with van der Waals surface area (Å²) in [6.07, 6.45) is 5.19. The van der Waals surface area contributed by atoms with Gasteiger partial charge in [0.05, 0.1) is 22.5 Å². The van der Waals surface area contributed by atoms with E-state index in [0.717, 1.165) is 63.6 Å². The Morgan fingerprint density at radius 1 is 1.25 bits per heavy atom. The van der Waals surface area contributed by atoms with Gasteiger partial charge < -0.3 is 10.1 Å². The minimum Gasteiger partial charge on any atom is -0.488 e. The maximum absolute atomic E-state index is 12.9. The molecule has 0 aliphatic carbocycles. The molecule has 0 spiro atoms. The van der Waals surface area contributed by atoms with E-state index in [2.05, 4.69) is 15.3 Å². The highest BCUT2D eigenvalue weighted by atomic mass is 35.5. The molecule has 188 valence electrons. The minimum absolute atomic E-state index is 0.0481. The summed E-state index contributed by atoms with van der Waals surface area (Å²) in [6, 6.07) is 7.07. The molecule has 1 saturated heterocycles. The number of benzene rings is 1. The van der Waals surface area contributed by atoms with Crippen LogP contribution >= 0.6 is 22.9 Å². The van der Waals surface area contributed by atoms with Crippen LogP contribution in [0.25, 0.3) is 21.5 Å². The number of ether oxygens (including phenoxy) is 1. The van der Waals surface area contributed by atoms with Gasteiger partial charge in [0, 0.05) is 40.3 Å². The summed E-state index contributed by atoms with van der Waals surface area (Å²) in [6.45, 7) is 7.77. The number of nitrogens with one attached hydrogen (secondary N) is 1. The van der Waals surface area contributed by atoms with Crippen molar-refractivity contribution in [2.75, 3.05) is 13.1 Å². The van der Waals surface area contributed by atoms with Crippen molar-refractivity contribution in [2.24, 2.45) is 0 Å². The third-order valence-electron chi connectivity index (χ3n) is 6.36. The second kappa shape index (κ2) is 10.2. The number of piperidine rings is 1. The van der Waals surface area contributed by atoms with Crippen molar-refractivity contribution >= 4 is 33.2 Å². The molecule has 5 rings (SSSR count). The second-order valence-corrected chi connectivity index (χ2v) is 10.9. The molecule has 1 aromatic carbocycles. The smallest absolute Gasteiger partial charge is 0.331 e. The van der Waals surface area contributed by atoms with Crippen molar-refractivity contribution in [3.05, 3.63) is 73.1 Å². The summed E-state index contributed by atoms with van der Waals surface area (Å²) in [7, 11) is 0. The van der Waals surface area contributed by atoms with Crippen LogP contribution in [-0.2, 0) is 6.54 Å². The number of aryl methyl sites for hydroxylation is 1. The Kier molecular flexibility index (Phi) is 6.96. The Morgan fingerprint density at radius 2 is 2.08 bits per heavy atom. The maximum Gasteiger partial charge on any atom is 0.331 e. The first-order valence-electron chi connectivity index (χ1n) is 12.0. The van der Waals surface area contributed by atoms with Gasteiger partial charge in [-0.2, -0.15) is 0 Å². The molecule has 4 heterocycles. The van der Waals surface area contributed by atoms with Gasteiger partial charge in [0.2, 0.25) is 0 Å². The lowest BCUT2D eigenvalue weighted by Gasteiger charge is -2.26. The average molecular weight is 526 g/mol. The SMILES string of the molecule is Cc1cc(Cl)cc(-c2ncnc3cc(Cn4c(=O)ccn(C(C)C)c4=O)sc23)c1O[C@H]1CCCNC1. The molecule has 4 aromatic rings. The third kappa shape index (κ3) is 4.83. The van der Waals surface area contributed by atoms with Gasteiger partial charge in [-0.25, -0.2) is 14.8 Å². The first-order chi connectivity index (χ1) is 17.3. The lowest BCUT2D eigenvalue weighted by atomic mass is 10.0. The molecule has 0 saturated carbocycles. The van der Waals surface area contributed by atoms with E-state index in [1.807, 2.05) is 39.0 Å². The van der Waals surface area contributed by atoms with Crippen molar-refractivity contribution < 1.29 is 4.74 Å². The fourth-order valence-corrected chi connectivity index (χ4v) is 5.92. The summed E-state index contributed by atoms with van der Waals surface area (Å²) in [5.41, 5.74) is 2.56. The van der Waals surface area contributed by atoms with Crippen molar-refractivity contribution in [2.45, 2.75) is 52.3 Å². The normalized spacial score (nSPS) is 16.1. The lowest BCUT2D eigenvalue weighted by molar-refractivity contribution is 0.167. The maximum atomic E-state index is 12.9. The van der Waals surface area contributed by atoms with E-state index in [9.17, 15) is 9.59 Å². The van der Waals surface area contributed by atoms with Crippen LogP contribution < -0.4 is 21.3 Å². The van der Waals surface area contributed by atoms with Gasteiger partial charge in [0.15, 0.2) is 0 Å². The molecule has 3 aromatic heterocycles. The average Bonchev–Trinajstić information content (AvgIpc) is 3.26. The van der Waals surface area contributed by atoms with Crippen molar-refractivity contribution in [1.82, 2.24) is 24.4 Å². The number of halogens is 1. The number of fused-ring (bicyclic) bond motifs is 1. The number of aromatic nitrogens is 4. The molecule has 1 fully saturated rings. The van der Waals surface area contributed by atoms with Gasteiger partial charge in [0.1, 0.15) is 18.2 Å². The fraction of sp³-hybridized carbons (Fsp3) is 0.385. The van der Waals surface area contributed by atoms with Crippen LogP contribution in [0.3, 0.4) is 0 Å². The fourth-order valence-electron chi connectivity index (χ4n) is 4.55. The van der Waals surface area contributed by atoms with Crippen LogP contribution in [0, 0.1) is 6.92 Å². The predicted molar refractivity (Wildman–Crippen MR) is 144 cm³/mol. The summed E-state index contributed by atoms with van der Waals surface area (Å²) >= 11 is 7.94. The summed E-state index contributed by atoms with van der Waals surface area (Å²) in [5.74, 6) is 0.766. The van der Waals surface area contributed by atoms with E-state index in [1.165, 1.54) is 28.3 Å². The quantitative estimate of drug-likeness (QED) is 0.401. The van der Waals surface area contributed by atoms with Crippen molar-refractivity contribution in [1.29, 1.82) is 0 Å². The number of rotatable bonds is 6. The zero-order chi connectivity index (χ0) is 25.4. The van der Waals surface area contributed by atoms with E-state index in [0.29, 0.717) is 5.02 Å². The predicted octanol–water partition coefficient (Wildman–Crippen LogP) is 4.40. The molecule has 8 nitrogen and oxygen atoms in total. The Morgan fingerprint density at radius 3 is 2.83 bits per heavy atom. The largest absolute Gasteiger partial charge is 0.488 e. The van der Waals surface area contributed by atoms with Gasteiger partial charge in [-0.3, -0.25) is 13.9 Å². The molecular formula is C26H28ClN5O3S. The van der Waals surface area contributed by atoms with Gasteiger partial charge >= 0.3 is 5.69 Å². The molecule has 1 N–H and O–H groups in total. The zero-order valence-corrected chi connectivity index (χ0v) is 22.0. The highest BCUT2D eigenvalue weighted by Gasteiger charge is 2.22. The Hall–Kier alpha value is -3.01. The molecule has 1 aliphatic heterocycles. The topological polar surface area (TPSA) is 91.0 Å². The molecule has 36 heavy (non-hydrogen) atoms. The van der Waals surface area contributed by atoms with Crippen LogP contribution in [0.4, 0.5) is 0 Å².